The summed E-state index contributed by atoms with van der Waals surface area (Å²) in [5, 5.41) is 15.2. The molecule has 0 saturated heterocycles. The summed E-state index contributed by atoms with van der Waals surface area (Å²) in [6.07, 6.45) is 2.75. The minimum Gasteiger partial charge on any atom is -0.496 e. The lowest BCUT2D eigenvalue weighted by Gasteiger charge is -2.16. The molecule has 0 bridgehead atoms. The van der Waals surface area contributed by atoms with Gasteiger partial charge in [0, 0.05) is 6.54 Å². The number of carbonyl (C=O) groups excluding carboxylic acids is 1. The van der Waals surface area contributed by atoms with Crippen molar-refractivity contribution in [1.82, 2.24) is 10.6 Å². The molecule has 0 radical (unpaired) electrons. The van der Waals surface area contributed by atoms with Crippen LogP contribution in [0.2, 0.25) is 0 Å². The van der Waals surface area contributed by atoms with Crippen LogP contribution >= 0.6 is 0 Å². The van der Waals surface area contributed by atoms with Crippen molar-refractivity contribution in [3.05, 3.63) is 29.3 Å². The standard InChI is InChI=1S/C16H24N2O3/c1-3-11(19)9-10-17-16(20)18-14-8-7-13-12(14)5-4-6-15(13)21-2/h4-6,11,14,19H,3,7-10H2,1-2H3,(H2,17,18,20). The van der Waals surface area contributed by atoms with Crippen molar-refractivity contribution in [2.45, 2.75) is 44.8 Å². The molecule has 2 rings (SSSR count). The maximum Gasteiger partial charge on any atom is 0.315 e. The van der Waals surface area contributed by atoms with E-state index in [1.54, 1.807) is 7.11 Å². The average molecular weight is 292 g/mol. The maximum absolute atomic E-state index is 11.9. The molecule has 0 fully saturated rings. The largest absolute Gasteiger partial charge is 0.496 e. The Kier molecular flexibility index (Phi) is 5.44. The van der Waals surface area contributed by atoms with Crippen LogP contribution in [0.15, 0.2) is 18.2 Å². The predicted octanol–water partition coefficient (Wildman–Crippen LogP) is 2.14. The number of methoxy groups -OCH3 is 1. The summed E-state index contributed by atoms with van der Waals surface area (Å²) in [6.45, 7) is 2.41. The SMILES string of the molecule is CCC(O)CCNC(=O)NC1CCc2c(OC)cccc21. The molecule has 0 spiro atoms. The maximum atomic E-state index is 11.9. The van der Waals surface area contributed by atoms with E-state index >= 15 is 0 Å². The number of urea groups is 1. The fourth-order valence-corrected chi connectivity index (χ4v) is 2.73. The molecule has 1 aliphatic carbocycles. The van der Waals surface area contributed by atoms with Crippen LogP contribution in [0.3, 0.4) is 0 Å². The number of rotatable bonds is 6. The summed E-state index contributed by atoms with van der Waals surface area (Å²) in [5.41, 5.74) is 2.32. The van der Waals surface area contributed by atoms with Crippen molar-refractivity contribution in [1.29, 1.82) is 0 Å². The van der Waals surface area contributed by atoms with Gasteiger partial charge in [-0.15, -0.1) is 0 Å². The summed E-state index contributed by atoms with van der Waals surface area (Å²) in [5.74, 6) is 0.892. The summed E-state index contributed by atoms with van der Waals surface area (Å²) in [7, 11) is 1.67. The van der Waals surface area contributed by atoms with Gasteiger partial charge in [0.25, 0.3) is 0 Å². The van der Waals surface area contributed by atoms with E-state index in [1.807, 2.05) is 25.1 Å². The summed E-state index contributed by atoms with van der Waals surface area (Å²) in [6, 6.07) is 5.79. The molecule has 0 heterocycles. The molecule has 5 nitrogen and oxygen atoms in total. The second-order valence-electron chi connectivity index (χ2n) is 5.37. The van der Waals surface area contributed by atoms with Gasteiger partial charge in [0.15, 0.2) is 0 Å². The molecule has 2 atom stereocenters. The highest BCUT2D eigenvalue weighted by Crippen LogP contribution is 2.36. The van der Waals surface area contributed by atoms with E-state index in [-0.39, 0.29) is 18.2 Å². The zero-order valence-electron chi connectivity index (χ0n) is 12.7. The fourth-order valence-electron chi connectivity index (χ4n) is 2.73. The molecule has 0 aliphatic heterocycles. The lowest BCUT2D eigenvalue weighted by Crippen LogP contribution is -2.38. The van der Waals surface area contributed by atoms with Gasteiger partial charge in [-0.1, -0.05) is 19.1 Å². The summed E-state index contributed by atoms with van der Waals surface area (Å²) < 4.78 is 5.36. The van der Waals surface area contributed by atoms with Crippen molar-refractivity contribution in [3.8, 4) is 5.75 Å². The van der Waals surface area contributed by atoms with Crippen molar-refractivity contribution in [2.75, 3.05) is 13.7 Å². The van der Waals surface area contributed by atoms with Gasteiger partial charge in [0.1, 0.15) is 5.75 Å². The third kappa shape index (κ3) is 3.88. The minimum atomic E-state index is -0.346. The third-order valence-corrected chi connectivity index (χ3v) is 3.99. The van der Waals surface area contributed by atoms with Gasteiger partial charge in [-0.3, -0.25) is 0 Å². The van der Waals surface area contributed by atoms with Gasteiger partial charge < -0.3 is 20.5 Å². The van der Waals surface area contributed by atoms with Crippen molar-refractivity contribution in [2.24, 2.45) is 0 Å². The van der Waals surface area contributed by atoms with E-state index < -0.39 is 0 Å². The number of fused-ring (bicyclic) bond motifs is 1. The second kappa shape index (κ2) is 7.31. The monoisotopic (exact) mass is 292 g/mol. The molecule has 0 saturated carbocycles. The Bertz CT molecular complexity index is 490. The molecule has 5 heteroatoms. The van der Waals surface area contributed by atoms with Crippen LogP contribution in [-0.4, -0.2) is 30.9 Å². The average Bonchev–Trinajstić information content (AvgIpc) is 2.90. The van der Waals surface area contributed by atoms with Crippen LogP contribution in [0.1, 0.15) is 43.4 Å². The first-order chi connectivity index (χ1) is 10.2. The van der Waals surface area contributed by atoms with Crippen molar-refractivity contribution in [3.63, 3.8) is 0 Å². The van der Waals surface area contributed by atoms with Gasteiger partial charge in [-0.25, -0.2) is 4.79 Å². The molecule has 116 valence electrons. The number of hydrogen-bond donors (Lipinski definition) is 3. The molecular formula is C16H24N2O3. The Morgan fingerprint density at radius 1 is 1.52 bits per heavy atom. The van der Waals surface area contributed by atoms with Crippen LogP contribution in [0, 0.1) is 0 Å². The minimum absolute atomic E-state index is 0.0335. The van der Waals surface area contributed by atoms with Gasteiger partial charge in [-0.2, -0.15) is 0 Å². The number of ether oxygens (including phenoxy) is 1. The fraction of sp³-hybridized carbons (Fsp3) is 0.562. The number of aliphatic hydroxyl groups is 1. The molecule has 21 heavy (non-hydrogen) atoms. The number of nitrogens with one attached hydrogen (secondary N) is 2. The number of hydrogen-bond acceptors (Lipinski definition) is 3. The third-order valence-electron chi connectivity index (χ3n) is 3.99. The van der Waals surface area contributed by atoms with E-state index in [0.717, 1.165) is 24.2 Å². The Balaban J connectivity index is 1.87. The van der Waals surface area contributed by atoms with E-state index in [1.165, 1.54) is 5.56 Å². The lowest BCUT2D eigenvalue weighted by atomic mass is 10.1. The quantitative estimate of drug-likeness (QED) is 0.752. The number of amides is 2. The normalized spacial score (nSPS) is 18.0. The van der Waals surface area contributed by atoms with Gasteiger partial charge in [0.2, 0.25) is 0 Å². The predicted molar refractivity (Wildman–Crippen MR) is 81.5 cm³/mol. The Morgan fingerprint density at radius 3 is 3.05 bits per heavy atom. The lowest BCUT2D eigenvalue weighted by molar-refractivity contribution is 0.160. The van der Waals surface area contributed by atoms with Gasteiger partial charge in [0.05, 0.1) is 19.3 Å². The zero-order valence-corrected chi connectivity index (χ0v) is 12.7. The first kappa shape index (κ1) is 15.6. The molecule has 1 aromatic rings. The van der Waals surface area contributed by atoms with E-state index in [0.29, 0.717) is 19.4 Å². The summed E-state index contributed by atoms with van der Waals surface area (Å²) in [4.78, 5) is 11.9. The molecular weight excluding hydrogens is 268 g/mol. The van der Waals surface area contributed by atoms with Crippen LogP contribution in [-0.2, 0) is 6.42 Å². The Labute approximate surface area is 125 Å². The second-order valence-corrected chi connectivity index (χ2v) is 5.37. The molecule has 2 unspecified atom stereocenters. The molecule has 3 N–H and O–H groups in total. The van der Waals surface area contributed by atoms with Crippen LogP contribution in [0.4, 0.5) is 4.79 Å². The Morgan fingerprint density at radius 2 is 2.33 bits per heavy atom. The molecule has 1 aliphatic rings. The van der Waals surface area contributed by atoms with E-state index in [2.05, 4.69) is 10.6 Å². The van der Waals surface area contributed by atoms with Crippen LogP contribution in [0.25, 0.3) is 0 Å². The summed E-state index contributed by atoms with van der Waals surface area (Å²) >= 11 is 0. The van der Waals surface area contributed by atoms with Gasteiger partial charge in [-0.05, 0) is 42.9 Å². The highest BCUT2D eigenvalue weighted by Gasteiger charge is 2.26. The van der Waals surface area contributed by atoms with Gasteiger partial charge >= 0.3 is 6.03 Å². The Hall–Kier alpha value is -1.75. The van der Waals surface area contributed by atoms with E-state index in [4.69, 9.17) is 4.74 Å². The zero-order chi connectivity index (χ0) is 15.2. The first-order valence-electron chi connectivity index (χ1n) is 7.54. The topological polar surface area (TPSA) is 70.6 Å². The van der Waals surface area contributed by atoms with Crippen molar-refractivity contribution >= 4 is 6.03 Å². The highest BCUT2D eigenvalue weighted by molar-refractivity contribution is 5.74. The molecule has 2 amide bonds. The molecule has 0 aromatic heterocycles. The highest BCUT2D eigenvalue weighted by atomic mass is 16.5. The first-order valence-corrected chi connectivity index (χ1v) is 7.54. The van der Waals surface area contributed by atoms with Crippen LogP contribution < -0.4 is 15.4 Å². The number of benzene rings is 1. The smallest absolute Gasteiger partial charge is 0.315 e. The van der Waals surface area contributed by atoms with Crippen molar-refractivity contribution < 1.29 is 14.6 Å². The number of carbonyl (C=O) groups is 1. The van der Waals surface area contributed by atoms with E-state index in [9.17, 15) is 9.90 Å². The number of aliphatic hydroxyl groups excluding tert-OH is 1. The molecule has 1 aromatic carbocycles. The van der Waals surface area contributed by atoms with Crippen LogP contribution in [0.5, 0.6) is 5.75 Å².